The second-order valence-electron chi connectivity index (χ2n) is 7.36. The molecule has 5 rings (SSSR count). The van der Waals surface area contributed by atoms with Crippen molar-refractivity contribution in [2.75, 3.05) is 0 Å². The zero-order chi connectivity index (χ0) is 18.6. The van der Waals surface area contributed by atoms with E-state index in [4.69, 9.17) is 0 Å². The van der Waals surface area contributed by atoms with Crippen LogP contribution in [0.2, 0.25) is 0 Å². The Hall–Kier alpha value is -2.59. The molecule has 3 nitrogen and oxygen atoms in total. The number of aryl methyl sites for hydroxylation is 3. The summed E-state index contributed by atoms with van der Waals surface area (Å²) in [5, 5.41) is 2.16. The number of aromatic nitrogens is 1. The molecule has 27 heavy (non-hydrogen) atoms. The maximum Gasteiger partial charge on any atom is 0.268 e. The molecule has 0 unspecified atom stereocenters. The van der Waals surface area contributed by atoms with E-state index < -0.39 is 10.0 Å². The molecule has 1 aliphatic carbocycles. The highest BCUT2D eigenvalue weighted by Gasteiger charge is 2.27. The van der Waals surface area contributed by atoms with E-state index in [2.05, 4.69) is 12.1 Å². The minimum absolute atomic E-state index is 0.324. The van der Waals surface area contributed by atoms with Gasteiger partial charge in [0.2, 0.25) is 0 Å². The highest BCUT2D eigenvalue weighted by Crippen LogP contribution is 2.40. The van der Waals surface area contributed by atoms with Crippen LogP contribution in [0.25, 0.3) is 21.8 Å². The van der Waals surface area contributed by atoms with Crippen molar-refractivity contribution >= 4 is 31.8 Å². The van der Waals surface area contributed by atoms with E-state index in [1.54, 1.807) is 28.2 Å². The predicted molar refractivity (Wildman–Crippen MR) is 110 cm³/mol. The molecule has 0 radical (unpaired) electrons. The van der Waals surface area contributed by atoms with Gasteiger partial charge in [-0.15, -0.1) is 0 Å². The molecule has 3 aromatic carbocycles. The predicted octanol–water partition coefficient (Wildman–Crippen LogP) is 5.22. The number of para-hydroxylation sites is 1. The van der Waals surface area contributed by atoms with Crippen molar-refractivity contribution in [1.82, 2.24) is 3.97 Å². The summed E-state index contributed by atoms with van der Waals surface area (Å²) in [6, 6.07) is 18.8. The normalized spacial score (nSPS) is 14.6. The van der Waals surface area contributed by atoms with E-state index >= 15 is 0 Å². The number of rotatable bonds is 2. The summed E-state index contributed by atoms with van der Waals surface area (Å²) >= 11 is 0. The standard InChI is InChI=1S/C23H21NO2S/c1-16-15-17-9-5-6-12-19(17)22-20-13-7-8-14-21(20)24(23(16)22)27(25,26)18-10-3-2-4-11-18/h2-4,7-8,10-11,13-15H,5-6,9,12H2,1H3. The van der Waals surface area contributed by atoms with Gasteiger partial charge in [-0.05, 0) is 67.5 Å². The molecule has 1 heterocycles. The Morgan fingerprint density at radius 2 is 1.59 bits per heavy atom. The molecule has 0 bridgehead atoms. The lowest BCUT2D eigenvalue weighted by atomic mass is 9.87. The van der Waals surface area contributed by atoms with Crippen LogP contribution < -0.4 is 0 Å². The summed E-state index contributed by atoms with van der Waals surface area (Å²) in [6.45, 7) is 2.03. The minimum atomic E-state index is -3.68. The minimum Gasteiger partial charge on any atom is -0.233 e. The third-order valence-electron chi connectivity index (χ3n) is 5.69. The first-order chi connectivity index (χ1) is 13.1. The first-order valence-corrected chi connectivity index (χ1v) is 10.9. The van der Waals surface area contributed by atoms with Gasteiger partial charge in [0.15, 0.2) is 0 Å². The Kier molecular flexibility index (Phi) is 3.66. The molecule has 4 heteroatoms. The number of hydrogen-bond donors (Lipinski definition) is 0. The summed E-state index contributed by atoms with van der Waals surface area (Å²) in [4.78, 5) is 0.324. The largest absolute Gasteiger partial charge is 0.268 e. The van der Waals surface area contributed by atoms with Crippen LogP contribution in [0.3, 0.4) is 0 Å². The molecule has 0 spiro atoms. The maximum absolute atomic E-state index is 13.6. The molecule has 1 aromatic heterocycles. The SMILES string of the molecule is Cc1cc2c(c3c4ccccc4n(S(=O)(=O)c4ccccc4)c13)CCCC2. The number of nitrogens with zero attached hydrogens (tertiary/aromatic N) is 1. The van der Waals surface area contributed by atoms with Crippen molar-refractivity contribution < 1.29 is 8.42 Å². The van der Waals surface area contributed by atoms with Crippen LogP contribution in [0.15, 0.2) is 65.6 Å². The lowest BCUT2D eigenvalue weighted by molar-refractivity contribution is 0.590. The molecule has 1 aliphatic rings. The van der Waals surface area contributed by atoms with Gasteiger partial charge in [0.25, 0.3) is 10.0 Å². The quantitative estimate of drug-likeness (QED) is 0.482. The molecule has 4 aromatic rings. The molecule has 0 saturated carbocycles. The van der Waals surface area contributed by atoms with Crippen LogP contribution in [0.4, 0.5) is 0 Å². The van der Waals surface area contributed by atoms with Crippen LogP contribution in [0.1, 0.15) is 29.5 Å². The van der Waals surface area contributed by atoms with Gasteiger partial charge in [-0.2, -0.15) is 0 Å². The summed E-state index contributed by atoms with van der Waals surface area (Å²) in [6.07, 6.45) is 4.47. The van der Waals surface area contributed by atoms with Gasteiger partial charge in [0.1, 0.15) is 0 Å². The molecular weight excluding hydrogens is 354 g/mol. The zero-order valence-electron chi connectivity index (χ0n) is 15.3. The highest BCUT2D eigenvalue weighted by molar-refractivity contribution is 7.90. The van der Waals surface area contributed by atoms with E-state index in [9.17, 15) is 8.42 Å². The molecule has 0 amide bonds. The Morgan fingerprint density at radius 3 is 2.41 bits per heavy atom. The second-order valence-corrected chi connectivity index (χ2v) is 9.15. The number of hydrogen-bond acceptors (Lipinski definition) is 2. The van der Waals surface area contributed by atoms with E-state index in [0.29, 0.717) is 4.90 Å². The molecule has 0 saturated heterocycles. The van der Waals surface area contributed by atoms with Gasteiger partial charge in [-0.3, -0.25) is 0 Å². The molecule has 0 atom stereocenters. The van der Waals surface area contributed by atoms with Gasteiger partial charge >= 0.3 is 0 Å². The molecule has 0 N–H and O–H groups in total. The summed E-state index contributed by atoms with van der Waals surface area (Å²) in [5.41, 5.74) is 5.34. The van der Waals surface area contributed by atoms with Gasteiger partial charge in [0.05, 0.1) is 15.9 Å². The van der Waals surface area contributed by atoms with Gasteiger partial charge in [-0.25, -0.2) is 12.4 Å². The van der Waals surface area contributed by atoms with E-state index in [-0.39, 0.29) is 0 Å². The van der Waals surface area contributed by atoms with Crippen molar-refractivity contribution in [2.24, 2.45) is 0 Å². The molecule has 0 aliphatic heterocycles. The van der Waals surface area contributed by atoms with Crippen molar-refractivity contribution in [3.05, 3.63) is 77.4 Å². The Labute approximate surface area is 159 Å². The first-order valence-electron chi connectivity index (χ1n) is 9.44. The van der Waals surface area contributed by atoms with Crippen LogP contribution >= 0.6 is 0 Å². The number of fused-ring (bicyclic) bond motifs is 5. The van der Waals surface area contributed by atoms with Gasteiger partial charge < -0.3 is 0 Å². The summed E-state index contributed by atoms with van der Waals surface area (Å²) < 4.78 is 28.8. The third-order valence-corrected chi connectivity index (χ3v) is 7.42. The summed E-state index contributed by atoms with van der Waals surface area (Å²) in [5.74, 6) is 0. The summed E-state index contributed by atoms with van der Waals surface area (Å²) in [7, 11) is -3.68. The van der Waals surface area contributed by atoms with Crippen molar-refractivity contribution in [2.45, 2.75) is 37.5 Å². The lowest BCUT2D eigenvalue weighted by Gasteiger charge is -2.19. The fraction of sp³-hybridized carbons (Fsp3) is 0.217. The average molecular weight is 375 g/mol. The Morgan fingerprint density at radius 1 is 0.889 bits per heavy atom. The topological polar surface area (TPSA) is 39.1 Å². The lowest BCUT2D eigenvalue weighted by Crippen LogP contribution is -2.14. The molecule has 0 fully saturated rings. The van der Waals surface area contributed by atoms with Crippen LogP contribution in [0.5, 0.6) is 0 Å². The fourth-order valence-electron chi connectivity index (χ4n) is 4.53. The average Bonchev–Trinajstić information content (AvgIpc) is 3.06. The Balaban J connectivity index is 1.99. The van der Waals surface area contributed by atoms with E-state index in [0.717, 1.165) is 46.6 Å². The zero-order valence-corrected chi connectivity index (χ0v) is 16.1. The monoisotopic (exact) mass is 375 g/mol. The van der Waals surface area contributed by atoms with Crippen molar-refractivity contribution in [1.29, 1.82) is 0 Å². The fourth-order valence-corrected chi connectivity index (χ4v) is 6.13. The van der Waals surface area contributed by atoms with Crippen molar-refractivity contribution in [3.8, 4) is 0 Å². The Bertz CT molecular complexity index is 1280. The smallest absolute Gasteiger partial charge is 0.233 e. The maximum atomic E-state index is 13.6. The van der Waals surface area contributed by atoms with E-state index in [1.165, 1.54) is 17.5 Å². The van der Waals surface area contributed by atoms with Crippen molar-refractivity contribution in [3.63, 3.8) is 0 Å². The third kappa shape index (κ3) is 2.36. The highest BCUT2D eigenvalue weighted by atomic mass is 32.2. The second kappa shape index (κ2) is 5.96. The van der Waals surface area contributed by atoms with E-state index in [1.807, 2.05) is 31.2 Å². The molecular formula is C23H21NO2S. The van der Waals surface area contributed by atoms with Gasteiger partial charge in [0, 0.05) is 10.8 Å². The molecule has 136 valence electrons. The number of benzene rings is 3. The van der Waals surface area contributed by atoms with Gasteiger partial charge in [-0.1, -0.05) is 42.5 Å². The van der Waals surface area contributed by atoms with Crippen LogP contribution in [-0.2, 0) is 22.9 Å². The first kappa shape index (κ1) is 16.6. The van der Waals surface area contributed by atoms with Crippen LogP contribution in [0, 0.1) is 6.92 Å². The van der Waals surface area contributed by atoms with Crippen LogP contribution in [-0.4, -0.2) is 12.4 Å².